The highest BCUT2D eigenvalue weighted by atomic mass is 35.5. The number of carbonyl (C=O) groups is 3. The topological polar surface area (TPSA) is 78.5 Å². The second-order valence-electron chi connectivity index (χ2n) is 8.08. The highest BCUT2D eigenvalue weighted by Crippen LogP contribution is 2.32. The summed E-state index contributed by atoms with van der Waals surface area (Å²) in [6, 6.07) is 11.9. The number of halogens is 2. The van der Waals surface area contributed by atoms with Crippen molar-refractivity contribution >= 4 is 52.3 Å². The van der Waals surface area contributed by atoms with Gasteiger partial charge in [0.2, 0.25) is 0 Å². The quantitative estimate of drug-likeness (QED) is 0.591. The van der Waals surface area contributed by atoms with Crippen molar-refractivity contribution < 1.29 is 14.4 Å². The highest BCUT2D eigenvalue weighted by molar-refractivity contribution is 6.53. The van der Waals surface area contributed by atoms with E-state index in [1.54, 1.807) is 42.5 Å². The van der Waals surface area contributed by atoms with Crippen LogP contribution in [0, 0.1) is 6.92 Å². The van der Waals surface area contributed by atoms with Crippen LogP contribution in [0.15, 0.2) is 53.2 Å². The molecular formula is C24H23Cl2N3O3. The lowest BCUT2D eigenvalue weighted by atomic mass is 9.95. The Hall–Kier alpha value is -2.83. The Morgan fingerprint density at radius 3 is 2.31 bits per heavy atom. The van der Waals surface area contributed by atoms with Crippen LogP contribution in [0.1, 0.15) is 48.0 Å². The van der Waals surface area contributed by atoms with Gasteiger partial charge in [0.05, 0.1) is 5.69 Å². The van der Waals surface area contributed by atoms with E-state index in [1.165, 1.54) is 6.42 Å². The average Bonchev–Trinajstić information content (AvgIpc) is 3.00. The third kappa shape index (κ3) is 4.52. The second kappa shape index (κ2) is 9.35. The normalized spacial score (nSPS) is 17.2. The summed E-state index contributed by atoms with van der Waals surface area (Å²) in [6.07, 6.45) is 5.53. The Morgan fingerprint density at radius 2 is 1.66 bits per heavy atom. The predicted molar refractivity (Wildman–Crippen MR) is 126 cm³/mol. The van der Waals surface area contributed by atoms with Gasteiger partial charge in [-0.05, 0) is 61.7 Å². The van der Waals surface area contributed by atoms with E-state index in [1.807, 2.05) is 6.92 Å². The third-order valence-corrected chi connectivity index (χ3v) is 6.56. The largest absolute Gasteiger partial charge is 0.350 e. The molecule has 1 saturated carbocycles. The fraction of sp³-hybridized carbons (Fsp3) is 0.292. The van der Waals surface area contributed by atoms with Gasteiger partial charge in [0, 0.05) is 22.3 Å². The SMILES string of the molecule is Cc1ccc(N2C(=O)C(Cl)=C(Nc3ccc(C(=O)NC4CCCCC4)cc3)C2=O)cc1Cl. The molecular weight excluding hydrogens is 449 g/mol. The van der Waals surface area contributed by atoms with Crippen LogP contribution < -0.4 is 15.5 Å². The number of nitrogens with zero attached hydrogens (tertiary/aromatic N) is 1. The second-order valence-corrected chi connectivity index (χ2v) is 8.86. The molecule has 32 heavy (non-hydrogen) atoms. The summed E-state index contributed by atoms with van der Waals surface area (Å²) in [4.78, 5) is 39.0. The number of rotatable bonds is 5. The number of nitrogens with one attached hydrogen (secondary N) is 2. The smallest absolute Gasteiger partial charge is 0.283 e. The molecule has 3 amide bonds. The molecule has 4 rings (SSSR count). The van der Waals surface area contributed by atoms with Crippen molar-refractivity contribution in [2.45, 2.75) is 45.1 Å². The Balaban J connectivity index is 1.46. The third-order valence-electron chi connectivity index (χ3n) is 5.80. The molecule has 166 valence electrons. The summed E-state index contributed by atoms with van der Waals surface area (Å²) in [5.74, 6) is -1.31. The maximum absolute atomic E-state index is 12.9. The molecule has 2 N–H and O–H groups in total. The molecule has 0 atom stereocenters. The van der Waals surface area contributed by atoms with Gasteiger partial charge in [-0.15, -0.1) is 0 Å². The van der Waals surface area contributed by atoms with Crippen LogP contribution in [0.4, 0.5) is 11.4 Å². The van der Waals surface area contributed by atoms with Gasteiger partial charge < -0.3 is 10.6 Å². The Bertz CT molecular complexity index is 1110. The summed E-state index contributed by atoms with van der Waals surface area (Å²) < 4.78 is 0. The number of hydrogen-bond donors (Lipinski definition) is 2. The van der Waals surface area contributed by atoms with Crippen molar-refractivity contribution in [3.05, 3.63) is 69.3 Å². The molecule has 2 aromatic carbocycles. The maximum atomic E-state index is 12.9. The van der Waals surface area contributed by atoms with E-state index in [0.717, 1.165) is 36.1 Å². The molecule has 0 bridgehead atoms. The van der Waals surface area contributed by atoms with Gasteiger partial charge in [0.15, 0.2) is 0 Å². The molecule has 0 radical (unpaired) electrons. The molecule has 1 heterocycles. The summed E-state index contributed by atoms with van der Waals surface area (Å²) in [7, 11) is 0. The zero-order valence-electron chi connectivity index (χ0n) is 17.6. The number of aryl methyl sites for hydroxylation is 1. The number of hydrogen-bond acceptors (Lipinski definition) is 4. The van der Waals surface area contributed by atoms with Gasteiger partial charge in [-0.2, -0.15) is 0 Å². The van der Waals surface area contributed by atoms with E-state index in [4.69, 9.17) is 23.2 Å². The van der Waals surface area contributed by atoms with Crippen molar-refractivity contribution in [3.8, 4) is 0 Å². The number of imide groups is 1. The lowest BCUT2D eigenvalue weighted by Crippen LogP contribution is -2.36. The van der Waals surface area contributed by atoms with Crippen LogP contribution in [-0.2, 0) is 9.59 Å². The monoisotopic (exact) mass is 471 g/mol. The van der Waals surface area contributed by atoms with E-state index in [0.29, 0.717) is 22.0 Å². The average molecular weight is 472 g/mol. The van der Waals surface area contributed by atoms with Gasteiger partial charge in [0.1, 0.15) is 10.7 Å². The highest BCUT2D eigenvalue weighted by Gasteiger charge is 2.39. The predicted octanol–water partition coefficient (Wildman–Crippen LogP) is 5.15. The first-order chi connectivity index (χ1) is 15.3. The Labute approximate surface area is 196 Å². The molecule has 1 aliphatic carbocycles. The minimum Gasteiger partial charge on any atom is -0.350 e. The van der Waals surface area contributed by atoms with Crippen LogP contribution in [0.5, 0.6) is 0 Å². The molecule has 2 aromatic rings. The number of anilines is 2. The van der Waals surface area contributed by atoms with E-state index < -0.39 is 11.8 Å². The van der Waals surface area contributed by atoms with Crippen LogP contribution in [0.3, 0.4) is 0 Å². The van der Waals surface area contributed by atoms with E-state index >= 15 is 0 Å². The molecule has 2 aliphatic rings. The first-order valence-corrected chi connectivity index (χ1v) is 11.3. The van der Waals surface area contributed by atoms with Crippen molar-refractivity contribution in [2.75, 3.05) is 10.2 Å². The van der Waals surface area contributed by atoms with Crippen molar-refractivity contribution in [1.82, 2.24) is 5.32 Å². The van der Waals surface area contributed by atoms with Crippen molar-refractivity contribution in [2.24, 2.45) is 0 Å². The fourth-order valence-electron chi connectivity index (χ4n) is 3.93. The summed E-state index contributed by atoms with van der Waals surface area (Å²) in [5.41, 5.74) is 2.23. The van der Waals surface area contributed by atoms with E-state index in [2.05, 4.69) is 10.6 Å². The Kier molecular flexibility index (Phi) is 6.53. The molecule has 1 aliphatic heterocycles. The van der Waals surface area contributed by atoms with Crippen LogP contribution >= 0.6 is 23.2 Å². The number of carbonyl (C=O) groups excluding carboxylic acids is 3. The van der Waals surface area contributed by atoms with Gasteiger partial charge in [0.25, 0.3) is 17.7 Å². The molecule has 8 heteroatoms. The lowest BCUT2D eigenvalue weighted by molar-refractivity contribution is -0.120. The van der Waals surface area contributed by atoms with Gasteiger partial charge >= 0.3 is 0 Å². The minimum absolute atomic E-state index is 0.0206. The summed E-state index contributed by atoms with van der Waals surface area (Å²) in [5, 5.41) is 6.23. The molecule has 0 spiro atoms. The lowest BCUT2D eigenvalue weighted by Gasteiger charge is -2.22. The maximum Gasteiger partial charge on any atom is 0.283 e. The van der Waals surface area contributed by atoms with Crippen molar-refractivity contribution in [3.63, 3.8) is 0 Å². The van der Waals surface area contributed by atoms with Gasteiger partial charge in [-0.1, -0.05) is 48.5 Å². The fourth-order valence-corrected chi connectivity index (χ4v) is 4.32. The summed E-state index contributed by atoms with van der Waals surface area (Å²) >= 11 is 12.3. The molecule has 1 fully saturated rings. The number of benzene rings is 2. The van der Waals surface area contributed by atoms with Gasteiger partial charge in [-0.25, -0.2) is 4.90 Å². The standard InChI is InChI=1S/C24H23Cl2N3O3/c1-14-7-12-18(13-19(14)25)29-23(31)20(26)21(24(29)32)27-17-10-8-15(9-11-17)22(30)28-16-5-3-2-4-6-16/h7-13,16,27H,2-6H2,1H3,(H,28,30). The van der Waals surface area contributed by atoms with Crippen LogP contribution in [0.2, 0.25) is 5.02 Å². The van der Waals surface area contributed by atoms with Crippen LogP contribution in [0.25, 0.3) is 0 Å². The first-order valence-electron chi connectivity index (χ1n) is 10.6. The Morgan fingerprint density at radius 1 is 0.969 bits per heavy atom. The minimum atomic E-state index is -0.623. The molecule has 0 unspecified atom stereocenters. The summed E-state index contributed by atoms with van der Waals surface area (Å²) in [6.45, 7) is 1.83. The van der Waals surface area contributed by atoms with E-state index in [9.17, 15) is 14.4 Å². The molecule has 6 nitrogen and oxygen atoms in total. The molecule has 0 aromatic heterocycles. The number of amides is 3. The van der Waals surface area contributed by atoms with Crippen LogP contribution in [-0.4, -0.2) is 23.8 Å². The molecule has 0 saturated heterocycles. The zero-order chi connectivity index (χ0) is 22.8. The first kappa shape index (κ1) is 22.4. The zero-order valence-corrected chi connectivity index (χ0v) is 19.1. The van der Waals surface area contributed by atoms with Gasteiger partial charge in [-0.3, -0.25) is 14.4 Å². The van der Waals surface area contributed by atoms with Crippen molar-refractivity contribution in [1.29, 1.82) is 0 Å². The van der Waals surface area contributed by atoms with E-state index in [-0.39, 0.29) is 22.7 Å².